The standard InChI is InChI=1S/C17H21FN2O3/c1-17(23)7-3-8-19(11-17)16(22)13-10-12(5-6-14(13)18)20-9-2-4-15(20)21/h5-6,10,23H,2-4,7-9,11H2,1H3. The Balaban J connectivity index is 1.86. The number of rotatable bonds is 2. The second kappa shape index (κ2) is 5.92. The Morgan fingerprint density at radius 2 is 2.09 bits per heavy atom. The van der Waals surface area contributed by atoms with Gasteiger partial charge >= 0.3 is 0 Å². The smallest absolute Gasteiger partial charge is 0.257 e. The van der Waals surface area contributed by atoms with Crippen LogP contribution in [0.3, 0.4) is 0 Å². The van der Waals surface area contributed by atoms with Gasteiger partial charge in [0.15, 0.2) is 0 Å². The molecule has 0 aliphatic carbocycles. The van der Waals surface area contributed by atoms with Gasteiger partial charge in [-0.25, -0.2) is 4.39 Å². The molecule has 1 atom stereocenters. The van der Waals surface area contributed by atoms with Gasteiger partial charge in [0.1, 0.15) is 5.82 Å². The van der Waals surface area contributed by atoms with Gasteiger partial charge in [-0.3, -0.25) is 9.59 Å². The van der Waals surface area contributed by atoms with Crippen molar-refractivity contribution in [3.05, 3.63) is 29.6 Å². The Morgan fingerprint density at radius 3 is 2.74 bits per heavy atom. The quantitative estimate of drug-likeness (QED) is 0.906. The van der Waals surface area contributed by atoms with Crippen molar-refractivity contribution >= 4 is 17.5 Å². The van der Waals surface area contributed by atoms with Gasteiger partial charge < -0.3 is 14.9 Å². The summed E-state index contributed by atoms with van der Waals surface area (Å²) in [6.45, 7) is 2.97. The topological polar surface area (TPSA) is 60.9 Å². The molecule has 0 saturated carbocycles. The molecule has 2 aliphatic rings. The molecule has 2 heterocycles. The Morgan fingerprint density at radius 1 is 1.30 bits per heavy atom. The molecule has 0 radical (unpaired) electrons. The van der Waals surface area contributed by atoms with Gasteiger partial charge in [-0.1, -0.05) is 0 Å². The van der Waals surface area contributed by atoms with Crippen LogP contribution < -0.4 is 4.90 Å². The van der Waals surface area contributed by atoms with E-state index in [2.05, 4.69) is 0 Å². The molecule has 1 unspecified atom stereocenters. The number of likely N-dealkylation sites (tertiary alicyclic amines) is 1. The van der Waals surface area contributed by atoms with Crippen LogP contribution in [0.15, 0.2) is 18.2 Å². The highest BCUT2D eigenvalue weighted by Gasteiger charge is 2.32. The van der Waals surface area contributed by atoms with Crippen molar-refractivity contribution in [2.75, 3.05) is 24.5 Å². The van der Waals surface area contributed by atoms with Crippen molar-refractivity contribution in [2.24, 2.45) is 0 Å². The van der Waals surface area contributed by atoms with Crippen molar-refractivity contribution < 1.29 is 19.1 Å². The lowest BCUT2D eigenvalue weighted by molar-refractivity contribution is -0.117. The number of halogens is 1. The van der Waals surface area contributed by atoms with Gasteiger partial charge in [0.05, 0.1) is 11.2 Å². The zero-order valence-electron chi connectivity index (χ0n) is 13.2. The predicted molar refractivity (Wildman–Crippen MR) is 83.7 cm³/mol. The van der Waals surface area contributed by atoms with E-state index in [-0.39, 0.29) is 18.0 Å². The van der Waals surface area contributed by atoms with Gasteiger partial charge in [-0.15, -0.1) is 0 Å². The third kappa shape index (κ3) is 3.22. The molecule has 0 aromatic heterocycles. The first-order chi connectivity index (χ1) is 10.9. The highest BCUT2D eigenvalue weighted by molar-refractivity contribution is 5.99. The molecule has 2 amide bonds. The third-order valence-corrected chi connectivity index (χ3v) is 4.53. The van der Waals surface area contributed by atoms with E-state index in [0.29, 0.717) is 38.0 Å². The monoisotopic (exact) mass is 320 g/mol. The lowest BCUT2D eigenvalue weighted by atomic mass is 9.94. The number of nitrogens with zero attached hydrogens (tertiary/aromatic N) is 2. The van der Waals surface area contributed by atoms with E-state index in [1.807, 2.05) is 0 Å². The van der Waals surface area contributed by atoms with Crippen LogP contribution in [-0.4, -0.2) is 47.1 Å². The first-order valence-corrected chi connectivity index (χ1v) is 7.99. The minimum atomic E-state index is -0.938. The summed E-state index contributed by atoms with van der Waals surface area (Å²) in [7, 11) is 0. The Labute approximate surface area is 134 Å². The van der Waals surface area contributed by atoms with Crippen LogP contribution >= 0.6 is 0 Å². The van der Waals surface area contributed by atoms with Crippen LogP contribution in [-0.2, 0) is 4.79 Å². The summed E-state index contributed by atoms with van der Waals surface area (Å²) in [6, 6.07) is 4.21. The summed E-state index contributed by atoms with van der Waals surface area (Å²) in [6.07, 6.45) is 2.57. The molecule has 1 N–H and O–H groups in total. The Kier molecular flexibility index (Phi) is 4.10. The summed E-state index contributed by atoms with van der Waals surface area (Å²) >= 11 is 0. The van der Waals surface area contributed by atoms with Gasteiger partial charge in [-0.05, 0) is 44.4 Å². The van der Waals surface area contributed by atoms with E-state index in [9.17, 15) is 19.1 Å². The predicted octanol–water partition coefficient (Wildman–Crippen LogP) is 1.94. The molecule has 124 valence electrons. The summed E-state index contributed by atoms with van der Waals surface area (Å²) < 4.78 is 14.1. The minimum absolute atomic E-state index is 0.00378. The van der Waals surface area contributed by atoms with E-state index in [1.54, 1.807) is 11.8 Å². The average molecular weight is 320 g/mol. The number of carbonyl (C=O) groups is 2. The molecule has 1 aromatic carbocycles. The lowest BCUT2D eigenvalue weighted by Crippen LogP contribution is -2.48. The molecule has 1 aromatic rings. The molecule has 23 heavy (non-hydrogen) atoms. The zero-order valence-corrected chi connectivity index (χ0v) is 13.2. The largest absolute Gasteiger partial charge is 0.388 e. The fourth-order valence-electron chi connectivity index (χ4n) is 3.33. The second-order valence-corrected chi connectivity index (χ2v) is 6.64. The van der Waals surface area contributed by atoms with Crippen molar-refractivity contribution in [3.63, 3.8) is 0 Å². The molecule has 3 rings (SSSR count). The van der Waals surface area contributed by atoms with Gasteiger partial charge in [0.25, 0.3) is 5.91 Å². The molecule has 2 aliphatic heterocycles. The van der Waals surface area contributed by atoms with E-state index in [1.165, 1.54) is 23.1 Å². The maximum absolute atomic E-state index is 14.1. The number of amides is 2. The summed E-state index contributed by atoms with van der Waals surface area (Å²) in [5, 5.41) is 10.1. The number of β-amino-alcohol motifs (C(OH)–C–C–N with tert-alkyl or cyclic N) is 1. The van der Waals surface area contributed by atoms with Crippen LogP contribution in [0, 0.1) is 5.82 Å². The van der Waals surface area contributed by atoms with Crippen LogP contribution in [0.5, 0.6) is 0 Å². The minimum Gasteiger partial charge on any atom is -0.388 e. The van der Waals surface area contributed by atoms with Crippen molar-refractivity contribution in [3.8, 4) is 0 Å². The number of carbonyl (C=O) groups excluding carboxylic acids is 2. The third-order valence-electron chi connectivity index (χ3n) is 4.53. The lowest BCUT2D eigenvalue weighted by Gasteiger charge is -2.37. The van der Waals surface area contributed by atoms with Crippen molar-refractivity contribution in [2.45, 2.75) is 38.2 Å². The molecule has 2 saturated heterocycles. The normalized spacial score (nSPS) is 25.1. The molecule has 0 bridgehead atoms. The molecule has 6 heteroatoms. The van der Waals surface area contributed by atoms with Crippen LogP contribution in [0.1, 0.15) is 43.0 Å². The van der Waals surface area contributed by atoms with Gasteiger partial charge in [0.2, 0.25) is 5.91 Å². The number of anilines is 1. The summed E-state index contributed by atoms with van der Waals surface area (Å²) in [4.78, 5) is 27.5. The van der Waals surface area contributed by atoms with Gasteiger partial charge in [-0.2, -0.15) is 0 Å². The molecule has 2 fully saturated rings. The SMILES string of the molecule is CC1(O)CCCN(C(=O)c2cc(N3CCCC3=O)ccc2F)C1. The van der Waals surface area contributed by atoms with E-state index in [4.69, 9.17) is 0 Å². The number of benzene rings is 1. The number of piperidine rings is 1. The first-order valence-electron chi connectivity index (χ1n) is 7.99. The first kappa shape index (κ1) is 15.9. The van der Waals surface area contributed by atoms with E-state index in [0.717, 1.165) is 6.42 Å². The van der Waals surface area contributed by atoms with Crippen molar-refractivity contribution in [1.82, 2.24) is 4.90 Å². The van der Waals surface area contributed by atoms with Crippen LogP contribution in [0.4, 0.5) is 10.1 Å². The maximum Gasteiger partial charge on any atom is 0.257 e. The summed E-state index contributed by atoms with van der Waals surface area (Å²) in [5.74, 6) is -1.04. The van der Waals surface area contributed by atoms with Gasteiger partial charge in [0, 0.05) is 31.7 Å². The highest BCUT2D eigenvalue weighted by Crippen LogP contribution is 2.27. The number of aliphatic hydroxyl groups is 1. The fraction of sp³-hybridized carbons (Fsp3) is 0.529. The zero-order chi connectivity index (χ0) is 16.6. The fourth-order valence-corrected chi connectivity index (χ4v) is 3.33. The molecule has 0 spiro atoms. The Hall–Kier alpha value is -1.95. The average Bonchev–Trinajstić information content (AvgIpc) is 2.92. The van der Waals surface area contributed by atoms with E-state index < -0.39 is 17.3 Å². The second-order valence-electron chi connectivity index (χ2n) is 6.64. The number of hydrogen-bond donors (Lipinski definition) is 1. The number of hydrogen-bond acceptors (Lipinski definition) is 3. The maximum atomic E-state index is 14.1. The van der Waals surface area contributed by atoms with Crippen LogP contribution in [0.2, 0.25) is 0 Å². The summed E-state index contributed by atoms with van der Waals surface area (Å²) in [5.41, 5.74) is -0.423. The van der Waals surface area contributed by atoms with Crippen molar-refractivity contribution in [1.29, 1.82) is 0 Å². The molecular weight excluding hydrogens is 299 g/mol. The van der Waals surface area contributed by atoms with Crippen LogP contribution in [0.25, 0.3) is 0 Å². The van der Waals surface area contributed by atoms with E-state index >= 15 is 0 Å². The molecule has 5 nitrogen and oxygen atoms in total. The Bertz CT molecular complexity index is 645. The highest BCUT2D eigenvalue weighted by atomic mass is 19.1. The molecular formula is C17H21FN2O3.